The highest BCUT2D eigenvalue weighted by molar-refractivity contribution is 5.75. The summed E-state index contributed by atoms with van der Waals surface area (Å²) in [6.07, 6.45) is 8.29. The molecule has 0 aliphatic heterocycles. The quantitative estimate of drug-likeness (QED) is 0.470. The number of aromatic nitrogens is 5. The maximum absolute atomic E-state index is 4.95. The lowest BCUT2D eigenvalue weighted by atomic mass is 9.93. The second-order valence-electron chi connectivity index (χ2n) is 8.82. The molecule has 31 heavy (non-hydrogen) atoms. The van der Waals surface area contributed by atoms with Gasteiger partial charge in [-0.25, -0.2) is 14.6 Å². The highest BCUT2D eigenvalue weighted by Crippen LogP contribution is 2.31. The lowest BCUT2D eigenvalue weighted by molar-refractivity contribution is 0.437. The summed E-state index contributed by atoms with van der Waals surface area (Å²) in [5, 5.41) is 8.46. The Kier molecular flexibility index (Phi) is 5.55. The van der Waals surface area contributed by atoms with Gasteiger partial charge in [0.1, 0.15) is 5.82 Å². The summed E-state index contributed by atoms with van der Waals surface area (Å²) in [6.45, 7) is 6.31. The van der Waals surface area contributed by atoms with E-state index in [1.807, 2.05) is 35.3 Å². The fraction of sp³-hybridized carbons (Fsp3) is 0.400. The van der Waals surface area contributed by atoms with Crippen LogP contribution in [0.5, 0.6) is 0 Å². The van der Waals surface area contributed by atoms with E-state index in [0.717, 1.165) is 55.9 Å². The number of fused-ring (bicyclic) bond motifs is 2. The first-order valence-corrected chi connectivity index (χ1v) is 11.4. The number of pyridine rings is 1. The van der Waals surface area contributed by atoms with E-state index in [9.17, 15) is 0 Å². The van der Waals surface area contributed by atoms with E-state index < -0.39 is 0 Å². The molecule has 3 aromatic heterocycles. The second-order valence-corrected chi connectivity index (χ2v) is 8.82. The molecule has 0 amide bonds. The summed E-state index contributed by atoms with van der Waals surface area (Å²) in [7, 11) is 0. The first kappa shape index (κ1) is 19.9. The van der Waals surface area contributed by atoms with Gasteiger partial charge in [0.05, 0.1) is 29.5 Å². The molecule has 5 rings (SSSR count). The lowest BCUT2D eigenvalue weighted by Crippen LogP contribution is -2.26. The third kappa shape index (κ3) is 4.00. The first-order chi connectivity index (χ1) is 15.2. The van der Waals surface area contributed by atoms with Crippen LogP contribution >= 0.6 is 0 Å². The monoisotopic (exact) mass is 414 g/mol. The van der Waals surface area contributed by atoms with Crippen molar-refractivity contribution in [3.05, 3.63) is 71.9 Å². The number of para-hydroxylation sites is 2. The van der Waals surface area contributed by atoms with E-state index in [1.54, 1.807) is 0 Å². The molecule has 4 aromatic rings. The van der Waals surface area contributed by atoms with Gasteiger partial charge in [0.15, 0.2) is 5.82 Å². The minimum Gasteiger partial charge on any atom is -0.327 e. The SMILES string of the molecule is CC(C)CCn1c(CNC2CCCc3c2cnn3-c2ccccn2)nc2ccccc21. The molecule has 0 fully saturated rings. The zero-order valence-electron chi connectivity index (χ0n) is 18.3. The van der Waals surface area contributed by atoms with Gasteiger partial charge in [0, 0.05) is 24.3 Å². The Balaban J connectivity index is 1.39. The summed E-state index contributed by atoms with van der Waals surface area (Å²) in [6, 6.07) is 14.7. The van der Waals surface area contributed by atoms with Crippen molar-refractivity contribution < 1.29 is 0 Å². The number of hydrogen-bond donors (Lipinski definition) is 1. The number of nitrogens with zero attached hydrogens (tertiary/aromatic N) is 5. The minimum atomic E-state index is 0.291. The zero-order valence-corrected chi connectivity index (χ0v) is 18.3. The van der Waals surface area contributed by atoms with Crippen LogP contribution in [0.15, 0.2) is 54.9 Å². The molecule has 6 nitrogen and oxygen atoms in total. The molecular weight excluding hydrogens is 384 g/mol. The van der Waals surface area contributed by atoms with Crippen molar-refractivity contribution in [1.82, 2.24) is 29.6 Å². The molecule has 1 aliphatic carbocycles. The first-order valence-electron chi connectivity index (χ1n) is 11.4. The average molecular weight is 415 g/mol. The number of hydrogen-bond acceptors (Lipinski definition) is 4. The molecule has 6 heteroatoms. The largest absolute Gasteiger partial charge is 0.327 e. The lowest BCUT2D eigenvalue weighted by Gasteiger charge is -2.24. The molecule has 0 saturated carbocycles. The van der Waals surface area contributed by atoms with Gasteiger partial charge in [0.2, 0.25) is 0 Å². The van der Waals surface area contributed by atoms with Crippen LogP contribution in [0.3, 0.4) is 0 Å². The van der Waals surface area contributed by atoms with Gasteiger partial charge in [-0.1, -0.05) is 32.0 Å². The number of nitrogens with one attached hydrogen (secondary N) is 1. The molecule has 0 radical (unpaired) electrons. The fourth-order valence-corrected chi connectivity index (χ4v) is 4.56. The number of aryl methyl sites for hydroxylation is 1. The Bertz CT molecular complexity index is 1160. The Morgan fingerprint density at radius 1 is 1.13 bits per heavy atom. The van der Waals surface area contributed by atoms with Gasteiger partial charge in [-0.15, -0.1) is 0 Å². The van der Waals surface area contributed by atoms with Crippen LogP contribution in [0.1, 0.15) is 56.2 Å². The average Bonchev–Trinajstić information content (AvgIpc) is 3.38. The highest BCUT2D eigenvalue weighted by atomic mass is 15.3. The van der Waals surface area contributed by atoms with Crippen LogP contribution in [0.25, 0.3) is 16.9 Å². The Morgan fingerprint density at radius 2 is 2.00 bits per heavy atom. The summed E-state index contributed by atoms with van der Waals surface area (Å²) in [5.41, 5.74) is 4.88. The molecule has 0 spiro atoms. The van der Waals surface area contributed by atoms with Crippen LogP contribution < -0.4 is 5.32 Å². The molecular formula is C25H30N6. The molecule has 1 N–H and O–H groups in total. The van der Waals surface area contributed by atoms with Crippen molar-refractivity contribution >= 4 is 11.0 Å². The van der Waals surface area contributed by atoms with Gasteiger partial charge in [-0.2, -0.15) is 5.10 Å². The van der Waals surface area contributed by atoms with Crippen LogP contribution in [0.2, 0.25) is 0 Å². The normalized spacial score (nSPS) is 16.2. The summed E-state index contributed by atoms with van der Waals surface area (Å²) >= 11 is 0. The Labute approximate surface area is 183 Å². The van der Waals surface area contributed by atoms with Gasteiger partial charge >= 0.3 is 0 Å². The third-order valence-corrected chi connectivity index (χ3v) is 6.22. The van der Waals surface area contributed by atoms with Gasteiger partial charge in [-0.05, 0) is 55.9 Å². The van der Waals surface area contributed by atoms with E-state index in [1.165, 1.54) is 16.8 Å². The zero-order chi connectivity index (χ0) is 21.2. The minimum absolute atomic E-state index is 0.291. The van der Waals surface area contributed by atoms with Crippen molar-refractivity contribution in [2.75, 3.05) is 0 Å². The van der Waals surface area contributed by atoms with Crippen LogP contribution in [-0.4, -0.2) is 24.3 Å². The molecule has 3 heterocycles. The Hall–Kier alpha value is -2.99. The fourth-order valence-electron chi connectivity index (χ4n) is 4.56. The number of imidazole rings is 1. The maximum atomic E-state index is 4.95. The van der Waals surface area contributed by atoms with E-state index >= 15 is 0 Å². The van der Waals surface area contributed by atoms with Gasteiger partial charge < -0.3 is 9.88 Å². The van der Waals surface area contributed by atoms with E-state index in [4.69, 9.17) is 4.98 Å². The molecule has 1 aromatic carbocycles. The third-order valence-electron chi connectivity index (χ3n) is 6.22. The predicted octanol–water partition coefficient (Wildman–Crippen LogP) is 4.83. The standard InChI is InChI=1S/C25H30N6/c1-18(2)13-15-30-23-10-4-3-8-21(23)29-25(30)17-27-20-9-7-11-22-19(20)16-28-31(22)24-12-5-6-14-26-24/h3-6,8,10,12,14,16,18,20,27H,7,9,11,13,15,17H2,1-2H3. The van der Waals surface area contributed by atoms with Gasteiger partial charge in [0.25, 0.3) is 0 Å². The van der Waals surface area contributed by atoms with Crippen LogP contribution in [-0.2, 0) is 19.5 Å². The van der Waals surface area contributed by atoms with Crippen molar-refractivity contribution in [3.63, 3.8) is 0 Å². The smallest absolute Gasteiger partial charge is 0.153 e. The highest BCUT2D eigenvalue weighted by Gasteiger charge is 2.25. The molecule has 1 unspecified atom stereocenters. The van der Waals surface area contributed by atoms with E-state index in [2.05, 4.69) is 58.1 Å². The molecule has 0 bridgehead atoms. The van der Waals surface area contributed by atoms with E-state index in [-0.39, 0.29) is 0 Å². The molecule has 1 atom stereocenters. The summed E-state index contributed by atoms with van der Waals surface area (Å²) in [4.78, 5) is 9.44. The molecule has 160 valence electrons. The van der Waals surface area contributed by atoms with Crippen molar-refractivity contribution in [2.45, 2.75) is 58.7 Å². The van der Waals surface area contributed by atoms with Crippen LogP contribution in [0, 0.1) is 5.92 Å². The van der Waals surface area contributed by atoms with E-state index in [0.29, 0.717) is 12.0 Å². The molecule has 0 saturated heterocycles. The number of rotatable bonds is 7. The number of benzene rings is 1. The van der Waals surface area contributed by atoms with Crippen LogP contribution in [0.4, 0.5) is 0 Å². The second kappa shape index (κ2) is 8.63. The maximum Gasteiger partial charge on any atom is 0.153 e. The Morgan fingerprint density at radius 3 is 2.84 bits per heavy atom. The topological polar surface area (TPSA) is 60.6 Å². The van der Waals surface area contributed by atoms with Crippen molar-refractivity contribution in [2.24, 2.45) is 5.92 Å². The van der Waals surface area contributed by atoms with Crippen molar-refractivity contribution in [3.8, 4) is 5.82 Å². The predicted molar refractivity (Wildman–Crippen MR) is 123 cm³/mol. The summed E-state index contributed by atoms with van der Waals surface area (Å²) < 4.78 is 4.39. The van der Waals surface area contributed by atoms with Gasteiger partial charge in [-0.3, -0.25) is 0 Å². The van der Waals surface area contributed by atoms with Crippen molar-refractivity contribution in [1.29, 1.82) is 0 Å². The summed E-state index contributed by atoms with van der Waals surface area (Å²) in [5.74, 6) is 2.67. The molecule has 1 aliphatic rings.